The molecule has 0 saturated heterocycles. The molecular formula is C27H25ClN2O3. The van der Waals surface area contributed by atoms with Gasteiger partial charge in [0.15, 0.2) is 11.5 Å². The number of methoxy groups -OCH3 is 1. The molecule has 0 unspecified atom stereocenters. The Morgan fingerprint density at radius 2 is 1.70 bits per heavy atom. The molecule has 1 N–H and O–H groups in total. The van der Waals surface area contributed by atoms with Crippen LogP contribution in [0.2, 0.25) is 5.02 Å². The van der Waals surface area contributed by atoms with Crippen LogP contribution in [0.4, 0.5) is 5.69 Å². The molecule has 0 bridgehead atoms. The number of carbonyl (C=O) groups excluding carboxylic acids is 1. The lowest BCUT2D eigenvalue weighted by Gasteiger charge is -2.13. The van der Waals surface area contributed by atoms with E-state index in [1.54, 1.807) is 37.4 Å². The second kappa shape index (κ2) is 10.7. The Balaban J connectivity index is 1.78. The first kappa shape index (κ1) is 23.9. The Hall–Kier alpha value is -3.75. The number of nitrogens with one attached hydrogen (secondary N) is 1. The molecule has 3 aromatic rings. The van der Waals surface area contributed by atoms with Crippen LogP contribution in [0.1, 0.15) is 27.8 Å². The van der Waals surface area contributed by atoms with Crippen LogP contribution in [0.15, 0.2) is 60.2 Å². The summed E-state index contributed by atoms with van der Waals surface area (Å²) in [5.41, 5.74) is 5.33. The number of nitriles is 1. The summed E-state index contributed by atoms with van der Waals surface area (Å²) in [4.78, 5) is 12.8. The normalized spacial score (nSPS) is 11.0. The van der Waals surface area contributed by atoms with Crippen LogP contribution in [-0.2, 0) is 11.4 Å². The summed E-state index contributed by atoms with van der Waals surface area (Å²) in [6, 6.07) is 18.6. The van der Waals surface area contributed by atoms with Crippen LogP contribution in [0.25, 0.3) is 6.08 Å². The zero-order valence-corrected chi connectivity index (χ0v) is 19.8. The lowest BCUT2D eigenvalue weighted by Crippen LogP contribution is -2.15. The molecule has 168 valence electrons. The van der Waals surface area contributed by atoms with Crippen molar-refractivity contribution in [1.82, 2.24) is 0 Å². The van der Waals surface area contributed by atoms with Crippen LogP contribution in [0.3, 0.4) is 0 Å². The number of ether oxygens (including phenoxy) is 2. The Labute approximate surface area is 199 Å². The van der Waals surface area contributed by atoms with Crippen molar-refractivity contribution in [1.29, 1.82) is 5.26 Å². The molecule has 0 saturated carbocycles. The second-order valence-corrected chi connectivity index (χ2v) is 8.16. The van der Waals surface area contributed by atoms with Gasteiger partial charge in [-0.1, -0.05) is 47.5 Å². The maximum atomic E-state index is 12.8. The van der Waals surface area contributed by atoms with Crippen molar-refractivity contribution >= 4 is 29.3 Å². The monoisotopic (exact) mass is 460 g/mol. The van der Waals surface area contributed by atoms with E-state index in [0.717, 1.165) is 27.9 Å². The van der Waals surface area contributed by atoms with Gasteiger partial charge in [0, 0.05) is 10.7 Å². The largest absolute Gasteiger partial charge is 0.493 e. The minimum absolute atomic E-state index is 0.00809. The number of rotatable bonds is 7. The summed E-state index contributed by atoms with van der Waals surface area (Å²) in [7, 11) is 1.54. The lowest BCUT2D eigenvalue weighted by molar-refractivity contribution is -0.112. The maximum absolute atomic E-state index is 12.8. The standard InChI is InChI=1S/C27H25ClN2O3/c1-17-11-18(2)26(19(3)12-17)30-27(31)22(15-29)13-21-7-10-24(25(14-21)32-4)33-16-20-5-8-23(28)9-6-20/h5-14H,16H2,1-4H3,(H,30,31)/b22-13-. The van der Waals surface area contributed by atoms with Crippen molar-refractivity contribution in [2.45, 2.75) is 27.4 Å². The Bertz CT molecular complexity index is 1220. The van der Waals surface area contributed by atoms with E-state index in [2.05, 4.69) is 5.32 Å². The van der Waals surface area contributed by atoms with E-state index in [4.69, 9.17) is 21.1 Å². The molecule has 0 aliphatic heterocycles. The number of aryl methyl sites for hydroxylation is 3. The van der Waals surface area contributed by atoms with Gasteiger partial charge in [0.1, 0.15) is 18.2 Å². The van der Waals surface area contributed by atoms with Crippen LogP contribution >= 0.6 is 11.6 Å². The summed E-state index contributed by atoms with van der Waals surface area (Å²) in [5.74, 6) is 0.591. The SMILES string of the molecule is COc1cc(/C=C(/C#N)C(=O)Nc2c(C)cc(C)cc2C)ccc1OCc1ccc(Cl)cc1. The fourth-order valence-corrected chi connectivity index (χ4v) is 3.63. The molecule has 0 radical (unpaired) electrons. The first-order valence-corrected chi connectivity index (χ1v) is 10.7. The van der Waals surface area contributed by atoms with Gasteiger partial charge < -0.3 is 14.8 Å². The van der Waals surface area contributed by atoms with Crippen molar-refractivity contribution in [2.75, 3.05) is 12.4 Å². The summed E-state index contributed by atoms with van der Waals surface area (Å²) in [6.07, 6.45) is 1.53. The summed E-state index contributed by atoms with van der Waals surface area (Å²) in [6.45, 7) is 6.21. The van der Waals surface area contributed by atoms with E-state index in [1.807, 2.05) is 51.1 Å². The molecule has 0 aromatic heterocycles. The average Bonchev–Trinajstić information content (AvgIpc) is 2.79. The molecule has 0 fully saturated rings. The number of anilines is 1. The number of benzene rings is 3. The van der Waals surface area contributed by atoms with E-state index in [9.17, 15) is 10.1 Å². The first-order chi connectivity index (χ1) is 15.8. The summed E-state index contributed by atoms with van der Waals surface area (Å²) >= 11 is 5.92. The van der Waals surface area contributed by atoms with Crippen molar-refractivity contribution in [3.63, 3.8) is 0 Å². The average molecular weight is 461 g/mol. The maximum Gasteiger partial charge on any atom is 0.266 e. The van der Waals surface area contributed by atoms with Gasteiger partial charge >= 0.3 is 0 Å². The summed E-state index contributed by atoms with van der Waals surface area (Å²) < 4.78 is 11.3. The fraction of sp³-hybridized carbons (Fsp3) is 0.185. The Morgan fingerprint density at radius 1 is 1.03 bits per heavy atom. The molecule has 33 heavy (non-hydrogen) atoms. The van der Waals surface area contributed by atoms with Gasteiger partial charge in [-0.15, -0.1) is 0 Å². The van der Waals surface area contributed by atoms with E-state index in [0.29, 0.717) is 28.7 Å². The Morgan fingerprint density at radius 3 is 2.30 bits per heavy atom. The van der Waals surface area contributed by atoms with Crippen molar-refractivity contribution in [2.24, 2.45) is 0 Å². The molecule has 0 atom stereocenters. The van der Waals surface area contributed by atoms with Crippen molar-refractivity contribution in [3.05, 3.63) is 93.0 Å². The predicted molar refractivity (Wildman–Crippen MR) is 132 cm³/mol. The number of halogens is 1. The van der Waals surface area contributed by atoms with Gasteiger partial charge in [-0.05, 0) is 73.4 Å². The van der Waals surface area contributed by atoms with Crippen LogP contribution < -0.4 is 14.8 Å². The highest BCUT2D eigenvalue weighted by molar-refractivity contribution is 6.30. The third kappa shape index (κ3) is 6.15. The van der Waals surface area contributed by atoms with Crippen LogP contribution in [0.5, 0.6) is 11.5 Å². The molecular weight excluding hydrogens is 436 g/mol. The van der Waals surface area contributed by atoms with Gasteiger partial charge in [0.25, 0.3) is 5.91 Å². The number of nitrogens with zero attached hydrogens (tertiary/aromatic N) is 1. The molecule has 3 aromatic carbocycles. The van der Waals surface area contributed by atoms with Gasteiger partial charge in [-0.3, -0.25) is 4.79 Å². The zero-order chi connectivity index (χ0) is 24.0. The minimum atomic E-state index is -0.463. The number of hydrogen-bond donors (Lipinski definition) is 1. The van der Waals surface area contributed by atoms with E-state index < -0.39 is 5.91 Å². The third-order valence-corrected chi connectivity index (χ3v) is 5.34. The van der Waals surface area contributed by atoms with Gasteiger partial charge in [0.2, 0.25) is 0 Å². The highest BCUT2D eigenvalue weighted by Crippen LogP contribution is 2.30. The molecule has 3 rings (SSSR count). The smallest absolute Gasteiger partial charge is 0.266 e. The van der Waals surface area contributed by atoms with Crippen LogP contribution in [-0.4, -0.2) is 13.0 Å². The summed E-state index contributed by atoms with van der Waals surface area (Å²) in [5, 5.41) is 13.1. The first-order valence-electron chi connectivity index (χ1n) is 10.4. The predicted octanol–water partition coefficient (Wildman–Crippen LogP) is 6.40. The number of amides is 1. The molecule has 5 nitrogen and oxygen atoms in total. The quantitative estimate of drug-likeness (QED) is 0.327. The highest BCUT2D eigenvalue weighted by Gasteiger charge is 2.14. The Kier molecular flexibility index (Phi) is 7.76. The molecule has 0 heterocycles. The zero-order valence-electron chi connectivity index (χ0n) is 19.0. The van der Waals surface area contributed by atoms with E-state index >= 15 is 0 Å². The molecule has 0 spiro atoms. The van der Waals surface area contributed by atoms with Crippen LogP contribution in [0, 0.1) is 32.1 Å². The van der Waals surface area contributed by atoms with Gasteiger partial charge in [-0.25, -0.2) is 0 Å². The minimum Gasteiger partial charge on any atom is -0.493 e. The van der Waals surface area contributed by atoms with Crippen molar-refractivity contribution in [3.8, 4) is 17.6 Å². The molecule has 6 heteroatoms. The third-order valence-electron chi connectivity index (χ3n) is 5.09. The molecule has 0 aliphatic carbocycles. The topological polar surface area (TPSA) is 71.3 Å². The van der Waals surface area contributed by atoms with Gasteiger partial charge in [-0.2, -0.15) is 5.26 Å². The number of hydrogen-bond acceptors (Lipinski definition) is 4. The highest BCUT2D eigenvalue weighted by atomic mass is 35.5. The fourth-order valence-electron chi connectivity index (χ4n) is 3.51. The van der Waals surface area contributed by atoms with Crippen molar-refractivity contribution < 1.29 is 14.3 Å². The lowest BCUT2D eigenvalue weighted by atomic mass is 10.0. The van der Waals surface area contributed by atoms with E-state index in [1.165, 1.54) is 6.08 Å². The van der Waals surface area contributed by atoms with Gasteiger partial charge in [0.05, 0.1) is 7.11 Å². The van der Waals surface area contributed by atoms with E-state index in [-0.39, 0.29) is 5.57 Å². The second-order valence-electron chi connectivity index (χ2n) is 7.72. The number of carbonyl (C=O) groups is 1. The molecule has 1 amide bonds. The molecule has 0 aliphatic rings.